The molecule has 118 valence electrons. The van der Waals surface area contributed by atoms with Crippen LogP contribution < -0.4 is 10.6 Å². The molecule has 0 saturated carbocycles. The minimum atomic E-state index is -0.174. The number of benzene rings is 1. The van der Waals surface area contributed by atoms with Gasteiger partial charge in [-0.15, -0.1) is 0 Å². The molecule has 1 aromatic rings. The number of amides is 2. The first-order valence-corrected chi connectivity index (χ1v) is 7.65. The smallest absolute Gasteiger partial charge is 0.315 e. The lowest BCUT2D eigenvalue weighted by atomic mass is 9.78. The van der Waals surface area contributed by atoms with Gasteiger partial charge in [-0.2, -0.15) is 0 Å². The molecule has 0 aliphatic rings. The molecule has 0 aromatic heterocycles. The minimum Gasteiger partial charge on any atom is -0.396 e. The largest absolute Gasteiger partial charge is 0.396 e. The summed E-state index contributed by atoms with van der Waals surface area (Å²) in [5.74, 6) is 0. The molecule has 1 rings (SSSR count). The molecule has 0 saturated heterocycles. The maximum Gasteiger partial charge on any atom is 0.315 e. The van der Waals surface area contributed by atoms with Crippen molar-refractivity contribution in [3.63, 3.8) is 0 Å². The molecule has 2 atom stereocenters. The van der Waals surface area contributed by atoms with Gasteiger partial charge in [0, 0.05) is 24.1 Å². The lowest BCUT2D eigenvalue weighted by Gasteiger charge is -2.33. The van der Waals surface area contributed by atoms with E-state index in [2.05, 4.69) is 36.6 Å². The van der Waals surface area contributed by atoms with Crippen molar-refractivity contribution >= 4 is 6.03 Å². The first-order valence-electron chi connectivity index (χ1n) is 7.65. The Hall–Kier alpha value is -1.55. The third-order valence-electron chi connectivity index (χ3n) is 4.25. The fourth-order valence-electron chi connectivity index (χ4n) is 2.26. The lowest BCUT2D eigenvalue weighted by molar-refractivity contribution is 0.220. The number of rotatable bonds is 7. The molecule has 2 amide bonds. The number of nitrogens with one attached hydrogen (secondary N) is 2. The second kappa shape index (κ2) is 8.03. The number of carbonyl (C=O) groups is 1. The predicted molar refractivity (Wildman–Crippen MR) is 86.4 cm³/mol. The Kier molecular flexibility index (Phi) is 6.69. The number of aliphatic hydroxyl groups excluding tert-OH is 1. The number of aliphatic hydroxyl groups is 1. The first-order chi connectivity index (χ1) is 9.91. The summed E-state index contributed by atoms with van der Waals surface area (Å²) < 4.78 is 0. The summed E-state index contributed by atoms with van der Waals surface area (Å²) >= 11 is 0. The highest BCUT2D eigenvalue weighted by molar-refractivity contribution is 5.74. The monoisotopic (exact) mass is 292 g/mol. The number of hydrogen-bond acceptors (Lipinski definition) is 2. The van der Waals surface area contributed by atoms with Crippen molar-refractivity contribution in [2.75, 3.05) is 6.61 Å². The number of hydrogen-bond donors (Lipinski definition) is 3. The average molecular weight is 292 g/mol. The standard InChI is InChI=1S/C17H28N2O2/c1-5-15(11-12-20)19-16(21)18-13(2)17(3,4)14-9-7-6-8-10-14/h6-10,13,15,20H,5,11-12H2,1-4H3,(H2,18,19,21). The van der Waals surface area contributed by atoms with Gasteiger partial charge in [0.05, 0.1) is 0 Å². The van der Waals surface area contributed by atoms with Gasteiger partial charge >= 0.3 is 6.03 Å². The summed E-state index contributed by atoms with van der Waals surface area (Å²) in [6.07, 6.45) is 1.39. The van der Waals surface area contributed by atoms with Crippen molar-refractivity contribution in [1.82, 2.24) is 10.6 Å². The molecule has 4 heteroatoms. The van der Waals surface area contributed by atoms with Gasteiger partial charge < -0.3 is 15.7 Å². The molecule has 0 radical (unpaired) electrons. The maximum absolute atomic E-state index is 12.1. The Bertz CT molecular complexity index is 432. The van der Waals surface area contributed by atoms with E-state index in [1.165, 1.54) is 5.56 Å². The van der Waals surface area contributed by atoms with E-state index in [0.29, 0.717) is 6.42 Å². The van der Waals surface area contributed by atoms with Crippen molar-refractivity contribution in [3.05, 3.63) is 35.9 Å². The molecule has 0 spiro atoms. The molecule has 21 heavy (non-hydrogen) atoms. The summed E-state index contributed by atoms with van der Waals surface area (Å²) in [5, 5.41) is 14.9. The molecular formula is C17H28N2O2. The van der Waals surface area contributed by atoms with Crippen LogP contribution in [0.5, 0.6) is 0 Å². The van der Waals surface area contributed by atoms with E-state index >= 15 is 0 Å². The molecule has 0 heterocycles. The second-order valence-corrected chi connectivity index (χ2v) is 6.04. The zero-order valence-corrected chi connectivity index (χ0v) is 13.5. The number of carbonyl (C=O) groups excluding carboxylic acids is 1. The average Bonchev–Trinajstić information content (AvgIpc) is 2.47. The van der Waals surface area contributed by atoms with E-state index in [1.807, 2.05) is 32.0 Å². The van der Waals surface area contributed by atoms with Crippen LogP contribution in [0.25, 0.3) is 0 Å². The van der Waals surface area contributed by atoms with Crippen LogP contribution in [-0.4, -0.2) is 29.8 Å². The fourth-order valence-corrected chi connectivity index (χ4v) is 2.26. The van der Waals surface area contributed by atoms with E-state index < -0.39 is 0 Å². The molecule has 2 unspecified atom stereocenters. The van der Waals surface area contributed by atoms with Gasteiger partial charge in [-0.05, 0) is 25.3 Å². The predicted octanol–water partition coefficient (Wildman–Crippen LogP) is 2.81. The van der Waals surface area contributed by atoms with E-state index in [4.69, 9.17) is 5.11 Å². The third-order valence-corrected chi connectivity index (χ3v) is 4.25. The zero-order chi connectivity index (χ0) is 15.9. The van der Waals surface area contributed by atoms with Gasteiger partial charge in [0.2, 0.25) is 0 Å². The Labute approximate surface area is 128 Å². The third kappa shape index (κ3) is 5.05. The second-order valence-electron chi connectivity index (χ2n) is 6.04. The highest BCUT2D eigenvalue weighted by Crippen LogP contribution is 2.26. The molecule has 3 N–H and O–H groups in total. The van der Waals surface area contributed by atoms with Crippen molar-refractivity contribution in [1.29, 1.82) is 0 Å². The molecule has 0 aliphatic carbocycles. The Balaban J connectivity index is 2.63. The molecule has 0 fully saturated rings. The van der Waals surface area contributed by atoms with Crippen molar-refractivity contribution in [3.8, 4) is 0 Å². The molecule has 4 nitrogen and oxygen atoms in total. The summed E-state index contributed by atoms with van der Waals surface area (Å²) in [7, 11) is 0. The van der Waals surface area contributed by atoms with Crippen LogP contribution in [0.1, 0.15) is 46.1 Å². The first kappa shape index (κ1) is 17.5. The highest BCUT2D eigenvalue weighted by atomic mass is 16.3. The highest BCUT2D eigenvalue weighted by Gasteiger charge is 2.29. The summed E-state index contributed by atoms with van der Waals surface area (Å²) in [6, 6.07) is 10.0. The summed E-state index contributed by atoms with van der Waals surface area (Å²) in [6.45, 7) is 8.35. The Morgan fingerprint density at radius 1 is 1.24 bits per heavy atom. The minimum absolute atomic E-state index is 0.00784. The lowest BCUT2D eigenvalue weighted by Crippen LogP contribution is -2.51. The van der Waals surface area contributed by atoms with E-state index in [1.54, 1.807) is 0 Å². The Morgan fingerprint density at radius 3 is 2.38 bits per heavy atom. The summed E-state index contributed by atoms with van der Waals surface area (Å²) in [4.78, 5) is 12.1. The molecule has 0 bridgehead atoms. The van der Waals surface area contributed by atoms with Gasteiger partial charge in [-0.25, -0.2) is 4.79 Å². The van der Waals surface area contributed by atoms with Gasteiger partial charge in [-0.1, -0.05) is 51.1 Å². The van der Waals surface area contributed by atoms with E-state index in [0.717, 1.165) is 6.42 Å². The van der Waals surface area contributed by atoms with Gasteiger partial charge in [0.1, 0.15) is 0 Å². The van der Waals surface area contributed by atoms with Crippen molar-refractivity contribution in [2.45, 2.75) is 58.0 Å². The Morgan fingerprint density at radius 2 is 1.86 bits per heavy atom. The van der Waals surface area contributed by atoms with Gasteiger partial charge in [-0.3, -0.25) is 0 Å². The van der Waals surface area contributed by atoms with Crippen LogP contribution in [0.4, 0.5) is 4.79 Å². The van der Waals surface area contributed by atoms with E-state index in [9.17, 15) is 4.79 Å². The van der Waals surface area contributed by atoms with Crippen LogP contribution in [0.3, 0.4) is 0 Å². The van der Waals surface area contributed by atoms with Crippen molar-refractivity contribution < 1.29 is 9.90 Å². The molecule has 1 aromatic carbocycles. The fraction of sp³-hybridized carbons (Fsp3) is 0.588. The van der Waals surface area contributed by atoms with Gasteiger partial charge in [0.25, 0.3) is 0 Å². The maximum atomic E-state index is 12.1. The number of urea groups is 1. The van der Waals surface area contributed by atoms with Crippen LogP contribution in [0, 0.1) is 0 Å². The topological polar surface area (TPSA) is 61.4 Å². The van der Waals surface area contributed by atoms with Crippen LogP contribution >= 0.6 is 0 Å². The molecular weight excluding hydrogens is 264 g/mol. The van der Waals surface area contributed by atoms with Gasteiger partial charge in [0.15, 0.2) is 0 Å². The SMILES string of the molecule is CCC(CCO)NC(=O)NC(C)C(C)(C)c1ccccc1. The quantitative estimate of drug-likeness (QED) is 0.723. The van der Waals surface area contributed by atoms with Crippen LogP contribution in [0.2, 0.25) is 0 Å². The van der Waals surface area contributed by atoms with Crippen LogP contribution in [0.15, 0.2) is 30.3 Å². The molecule has 0 aliphatic heterocycles. The normalized spacial score (nSPS) is 14.3. The summed E-state index contributed by atoms with van der Waals surface area (Å²) in [5.41, 5.74) is 1.04. The van der Waals surface area contributed by atoms with E-state index in [-0.39, 0.29) is 30.1 Å². The zero-order valence-electron chi connectivity index (χ0n) is 13.5. The van der Waals surface area contributed by atoms with Crippen LogP contribution in [-0.2, 0) is 5.41 Å². The van der Waals surface area contributed by atoms with Crippen molar-refractivity contribution in [2.24, 2.45) is 0 Å².